The second-order valence-electron chi connectivity index (χ2n) is 4.36. The minimum atomic E-state index is -4.31. The van der Waals surface area contributed by atoms with Gasteiger partial charge in [0.1, 0.15) is 0 Å². The summed E-state index contributed by atoms with van der Waals surface area (Å²) in [4.78, 5) is 6.22. The number of rotatable bonds is 1. The first kappa shape index (κ1) is 17.6. The molecule has 1 N–H and O–H groups in total. The second-order valence-corrected chi connectivity index (χ2v) is 4.36. The molecule has 0 fully saturated rings. The van der Waals surface area contributed by atoms with Gasteiger partial charge in [0.05, 0.1) is 18.7 Å². The van der Waals surface area contributed by atoms with Gasteiger partial charge in [-0.3, -0.25) is 4.99 Å². The second kappa shape index (κ2) is 7.54. The third-order valence-electron chi connectivity index (χ3n) is 2.84. The highest BCUT2D eigenvalue weighted by atomic mass is 127. The number of guanidine groups is 1. The van der Waals surface area contributed by atoms with Crippen LogP contribution in [0.15, 0.2) is 29.3 Å². The highest BCUT2D eigenvalue weighted by Gasteiger charge is 2.29. The van der Waals surface area contributed by atoms with Gasteiger partial charge in [-0.25, -0.2) is 0 Å². The summed E-state index contributed by atoms with van der Waals surface area (Å²) in [6, 6.07) is 4.81. The van der Waals surface area contributed by atoms with Crippen molar-refractivity contribution in [2.75, 3.05) is 26.7 Å². The summed E-state index contributed by atoms with van der Waals surface area (Å²) in [7, 11) is 1.93. The van der Waals surface area contributed by atoms with E-state index in [0.717, 1.165) is 31.2 Å². The van der Waals surface area contributed by atoms with E-state index in [-0.39, 0.29) is 24.0 Å². The monoisotopic (exact) mass is 409 g/mol. The lowest BCUT2D eigenvalue weighted by Crippen LogP contribution is -2.35. The molecule has 7 heteroatoms. The number of halogens is 4. The molecule has 0 bridgehead atoms. The van der Waals surface area contributed by atoms with Crippen molar-refractivity contribution in [1.82, 2.24) is 10.2 Å². The molecule has 1 aromatic rings. The lowest BCUT2D eigenvalue weighted by atomic mass is 10.1. The van der Waals surface area contributed by atoms with Crippen LogP contribution in [0.5, 0.6) is 0 Å². The van der Waals surface area contributed by atoms with Gasteiger partial charge in [-0.05, 0) is 24.3 Å². The number of hydrogen-bond acceptors (Lipinski definition) is 3. The summed E-state index contributed by atoms with van der Waals surface area (Å²) in [5.41, 5.74) is -0.107. The standard InChI is InChI=1S/C14H14F3N3.HI/c1-20-10-9-19-13(20)18-8-2-3-11-4-6-12(7-5-11)14(15,16)17;/h4-7H,8-10H2,1H3,(H,18,19);1H. The summed E-state index contributed by atoms with van der Waals surface area (Å²) in [5.74, 6) is 6.46. The van der Waals surface area contributed by atoms with E-state index in [0.29, 0.717) is 12.1 Å². The molecule has 0 aromatic heterocycles. The Morgan fingerprint density at radius 2 is 1.95 bits per heavy atom. The molecule has 21 heavy (non-hydrogen) atoms. The number of nitrogens with zero attached hydrogens (tertiary/aromatic N) is 2. The molecule has 1 heterocycles. The SMILES string of the molecule is CN1CCN=C1NCC#Cc1ccc(C(F)(F)F)cc1.I. The fourth-order valence-corrected chi connectivity index (χ4v) is 1.74. The Morgan fingerprint density at radius 3 is 2.48 bits per heavy atom. The average molecular weight is 409 g/mol. The van der Waals surface area contributed by atoms with Crippen molar-refractivity contribution in [2.24, 2.45) is 4.99 Å². The van der Waals surface area contributed by atoms with Gasteiger partial charge >= 0.3 is 6.18 Å². The molecule has 114 valence electrons. The van der Waals surface area contributed by atoms with E-state index >= 15 is 0 Å². The third kappa shape index (κ3) is 5.12. The molecule has 0 saturated heterocycles. The predicted molar refractivity (Wildman–Crippen MR) is 86.7 cm³/mol. The summed E-state index contributed by atoms with van der Waals surface area (Å²) >= 11 is 0. The fraction of sp³-hybridized carbons (Fsp3) is 0.357. The van der Waals surface area contributed by atoms with Gasteiger partial charge in [-0.15, -0.1) is 24.0 Å². The van der Waals surface area contributed by atoms with E-state index in [4.69, 9.17) is 0 Å². The first-order valence-electron chi connectivity index (χ1n) is 6.12. The normalized spacial score (nSPS) is 13.9. The molecule has 2 rings (SSSR count). The Balaban J connectivity index is 0.00000220. The van der Waals surface area contributed by atoms with E-state index < -0.39 is 11.7 Å². The van der Waals surface area contributed by atoms with Gasteiger partial charge in [-0.2, -0.15) is 13.2 Å². The zero-order chi connectivity index (χ0) is 14.6. The van der Waals surface area contributed by atoms with Crippen LogP contribution < -0.4 is 5.32 Å². The summed E-state index contributed by atoms with van der Waals surface area (Å²) in [5, 5.41) is 3.06. The fourth-order valence-electron chi connectivity index (χ4n) is 1.74. The van der Waals surface area contributed by atoms with Gasteiger partial charge in [0.2, 0.25) is 0 Å². The maximum Gasteiger partial charge on any atom is 0.416 e. The lowest BCUT2D eigenvalue weighted by molar-refractivity contribution is -0.137. The predicted octanol–water partition coefficient (Wildman–Crippen LogP) is 2.57. The Hall–Kier alpha value is -1.43. The summed E-state index contributed by atoms with van der Waals surface area (Å²) < 4.78 is 37.1. The van der Waals surface area contributed by atoms with Crippen LogP contribution in [0.1, 0.15) is 11.1 Å². The number of aliphatic imine (C=N–C) groups is 1. The van der Waals surface area contributed by atoms with Gasteiger partial charge < -0.3 is 10.2 Å². The largest absolute Gasteiger partial charge is 0.416 e. The molecule has 0 spiro atoms. The molecule has 1 aliphatic heterocycles. The minimum Gasteiger partial charge on any atom is -0.345 e. The van der Waals surface area contributed by atoms with E-state index in [2.05, 4.69) is 22.2 Å². The van der Waals surface area contributed by atoms with E-state index in [9.17, 15) is 13.2 Å². The van der Waals surface area contributed by atoms with Gasteiger partial charge in [-0.1, -0.05) is 11.8 Å². The Bertz CT molecular complexity index is 556. The molecule has 1 aromatic carbocycles. The van der Waals surface area contributed by atoms with Crippen LogP contribution in [-0.4, -0.2) is 37.5 Å². The van der Waals surface area contributed by atoms with Crippen molar-refractivity contribution in [1.29, 1.82) is 0 Å². The van der Waals surface area contributed by atoms with Crippen LogP contribution in [0.2, 0.25) is 0 Å². The topological polar surface area (TPSA) is 27.6 Å². The maximum absolute atomic E-state index is 12.4. The van der Waals surface area contributed by atoms with Crippen LogP contribution in [0.3, 0.4) is 0 Å². The highest BCUT2D eigenvalue weighted by Crippen LogP contribution is 2.28. The molecule has 3 nitrogen and oxygen atoms in total. The molecule has 0 amide bonds. The highest BCUT2D eigenvalue weighted by molar-refractivity contribution is 14.0. The van der Waals surface area contributed by atoms with Crippen LogP contribution in [0.25, 0.3) is 0 Å². The maximum atomic E-state index is 12.4. The Kier molecular flexibility index (Phi) is 6.33. The van der Waals surface area contributed by atoms with Crippen molar-refractivity contribution in [3.05, 3.63) is 35.4 Å². The third-order valence-corrected chi connectivity index (χ3v) is 2.84. The quantitative estimate of drug-likeness (QED) is 0.571. The summed E-state index contributed by atoms with van der Waals surface area (Å²) in [6.07, 6.45) is -4.31. The molecule has 1 aliphatic rings. The number of hydrogen-bond donors (Lipinski definition) is 1. The first-order chi connectivity index (χ1) is 9.47. The molecule has 0 saturated carbocycles. The molecule has 0 atom stereocenters. The van der Waals surface area contributed by atoms with Crippen LogP contribution in [0.4, 0.5) is 13.2 Å². The van der Waals surface area contributed by atoms with Crippen LogP contribution in [-0.2, 0) is 6.18 Å². The molecular weight excluding hydrogens is 394 g/mol. The van der Waals surface area contributed by atoms with Gasteiger partial charge in [0.15, 0.2) is 5.96 Å². The van der Waals surface area contributed by atoms with Crippen molar-refractivity contribution in [3.63, 3.8) is 0 Å². The molecule has 0 radical (unpaired) electrons. The Morgan fingerprint density at radius 1 is 1.29 bits per heavy atom. The lowest BCUT2D eigenvalue weighted by Gasteiger charge is -2.13. The van der Waals surface area contributed by atoms with Crippen LogP contribution >= 0.6 is 24.0 Å². The number of benzene rings is 1. The minimum absolute atomic E-state index is 0. The van der Waals surface area contributed by atoms with Gasteiger partial charge in [0, 0.05) is 19.2 Å². The number of alkyl halides is 3. The molecule has 0 unspecified atom stereocenters. The smallest absolute Gasteiger partial charge is 0.345 e. The van der Waals surface area contributed by atoms with Crippen molar-refractivity contribution in [2.45, 2.75) is 6.18 Å². The Labute approximate surface area is 138 Å². The zero-order valence-electron chi connectivity index (χ0n) is 11.4. The van der Waals surface area contributed by atoms with Gasteiger partial charge in [0.25, 0.3) is 0 Å². The van der Waals surface area contributed by atoms with Crippen molar-refractivity contribution in [3.8, 4) is 11.8 Å². The number of nitrogens with one attached hydrogen (secondary N) is 1. The van der Waals surface area contributed by atoms with E-state index in [1.807, 2.05) is 11.9 Å². The van der Waals surface area contributed by atoms with Crippen LogP contribution in [0, 0.1) is 11.8 Å². The number of likely N-dealkylation sites (N-methyl/N-ethyl adjacent to an activating group) is 1. The molecular formula is C14H15F3IN3. The molecule has 0 aliphatic carbocycles. The van der Waals surface area contributed by atoms with E-state index in [1.54, 1.807) is 0 Å². The first-order valence-corrected chi connectivity index (χ1v) is 6.12. The van der Waals surface area contributed by atoms with Crippen molar-refractivity contribution < 1.29 is 13.2 Å². The van der Waals surface area contributed by atoms with E-state index in [1.165, 1.54) is 12.1 Å². The van der Waals surface area contributed by atoms with Crippen molar-refractivity contribution >= 4 is 29.9 Å². The average Bonchev–Trinajstić information content (AvgIpc) is 2.80. The summed E-state index contributed by atoms with van der Waals surface area (Å²) in [6.45, 7) is 2.06. The zero-order valence-corrected chi connectivity index (χ0v) is 13.7.